The van der Waals surface area contributed by atoms with Crippen LogP contribution in [0.5, 0.6) is 0 Å². The molecule has 2 aliphatic rings. The number of hydrogen-bond donors (Lipinski definition) is 2. The highest BCUT2D eigenvalue weighted by Crippen LogP contribution is 2.27. The molecule has 0 aromatic rings. The number of aliphatic carboxylic acids is 1. The number of hydrogen-bond acceptors (Lipinski definition) is 3. The Morgan fingerprint density at radius 2 is 2.21 bits per heavy atom. The van der Waals surface area contributed by atoms with Gasteiger partial charge in [-0.15, -0.1) is 0 Å². The third-order valence-corrected chi connectivity index (χ3v) is 4.15. The van der Waals surface area contributed by atoms with Gasteiger partial charge in [0.2, 0.25) is 0 Å². The number of carboxylic acid groups (broad SMARTS) is 1. The van der Waals surface area contributed by atoms with Crippen molar-refractivity contribution in [1.82, 2.24) is 10.2 Å². The van der Waals surface area contributed by atoms with Crippen LogP contribution in [0.15, 0.2) is 0 Å². The SMILES string of the molecule is CCN(CC1CCC1)C(=O)NC1(C(=O)O)CCOC1. The summed E-state index contributed by atoms with van der Waals surface area (Å²) in [5.74, 6) is -0.440. The lowest BCUT2D eigenvalue weighted by Crippen LogP contribution is -2.59. The number of carboxylic acids is 1. The lowest BCUT2D eigenvalue weighted by Gasteiger charge is -2.34. The number of rotatable bonds is 5. The van der Waals surface area contributed by atoms with E-state index in [2.05, 4.69) is 5.32 Å². The molecule has 1 atom stereocenters. The van der Waals surface area contributed by atoms with E-state index in [0.717, 1.165) is 19.4 Å². The monoisotopic (exact) mass is 270 g/mol. The van der Waals surface area contributed by atoms with Gasteiger partial charge in [0.15, 0.2) is 5.54 Å². The van der Waals surface area contributed by atoms with E-state index in [-0.39, 0.29) is 12.6 Å². The zero-order valence-electron chi connectivity index (χ0n) is 11.4. The van der Waals surface area contributed by atoms with Gasteiger partial charge in [0.25, 0.3) is 0 Å². The Morgan fingerprint density at radius 1 is 1.47 bits per heavy atom. The van der Waals surface area contributed by atoms with Crippen LogP contribution in [0, 0.1) is 5.92 Å². The smallest absolute Gasteiger partial charge is 0.332 e. The molecule has 2 N–H and O–H groups in total. The third kappa shape index (κ3) is 3.00. The van der Waals surface area contributed by atoms with Crippen LogP contribution in [0.3, 0.4) is 0 Å². The van der Waals surface area contributed by atoms with Gasteiger partial charge in [-0.05, 0) is 25.7 Å². The number of carbonyl (C=O) groups excluding carboxylic acids is 1. The van der Waals surface area contributed by atoms with Gasteiger partial charge in [-0.25, -0.2) is 9.59 Å². The zero-order valence-corrected chi connectivity index (χ0v) is 11.4. The van der Waals surface area contributed by atoms with E-state index < -0.39 is 11.5 Å². The maximum absolute atomic E-state index is 12.2. The van der Waals surface area contributed by atoms with E-state index in [0.29, 0.717) is 25.5 Å². The minimum atomic E-state index is -1.25. The van der Waals surface area contributed by atoms with Crippen LogP contribution in [0.25, 0.3) is 0 Å². The molecular formula is C13H22N2O4. The number of amides is 2. The number of carbonyl (C=O) groups is 2. The van der Waals surface area contributed by atoms with Crippen LogP contribution >= 0.6 is 0 Å². The first-order valence-corrected chi connectivity index (χ1v) is 6.95. The Bertz CT molecular complexity index is 349. The fourth-order valence-corrected chi connectivity index (χ4v) is 2.51. The summed E-state index contributed by atoms with van der Waals surface area (Å²) in [7, 11) is 0. The van der Waals surface area contributed by atoms with Crippen LogP contribution in [0.1, 0.15) is 32.6 Å². The molecule has 0 bridgehead atoms. The van der Waals surface area contributed by atoms with Gasteiger partial charge in [-0.3, -0.25) is 0 Å². The van der Waals surface area contributed by atoms with Gasteiger partial charge >= 0.3 is 12.0 Å². The highest BCUT2D eigenvalue weighted by atomic mass is 16.5. The molecule has 1 saturated heterocycles. The van der Waals surface area contributed by atoms with Crippen LogP contribution < -0.4 is 5.32 Å². The minimum absolute atomic E-state index is 0.0507. The molecule has 2 fully saturated rings. The molecule has 2 amide bonds. The number of ether oxygens (including phenoxy) is 1. The third-order valence-electron chi connectivity index (χ3n) is 4.15. The first-order chi connectivity index (χ1) is 9.07. The molecular weight excluding hydrogens is 248 g/mol. The van der Waals surface area contributed by atoms with Crippen molar-refractivity contribution in [3.05, 3.63) is 0 Å². The van der Waals surface area contributed by atoms with Crippen molar-refractivity contribution >= 4 is 12.0 Å². The zero-order chi connectivity index (χ0) is 13.9. The normalized spacial score (nSPS) is 26.8. The maximum atomic E-state index is 12.2. The molecule has 0 spiro atoms. The van der Waals surface area contributed by atoms with Gasteiger partial charge in [0.1, 0.15) is 0 Å². The summed E-state index contributed by atoms with van der Waals surface area (Å²) in [4.78, 5) is 25.3. The quantitative estimate of drug-likeness (QED) is 0.783. The van der Waals surface area contributed by atoms with Crippen LogP contribution in [-0.4, -0.2) is 53.8 Å². The lowest BCUT2D eigenvalue weighted by molar-refractivity contribution is -0.144. The van der Waals surface area contributed by atoms with E-state index in [4.69, 9.17) is 4.74 Å². The second-order valence-corrected chi connectivity index (χ2v) is 5.46. The molecule has 108 valence electrons. The van der Waals surface area contributed by atoms with Gasteiger partial charge in [0, 0.05) is 26.1 Å². The second kappa shape index (κ2) is 5.77. The predicted molar refractivity (Wildman–Crippen MR) is 68.9 cm³/mol. The second-order valence-electron chi connectivity index (χ2n) is 5.46. The minimum Gasteiger partial charge on any atom is -0.479 e. The summed E-state index contributed by atoms with van der Waals surface area (Å²) in [6, 6.07) is -0.290. The van der Waals surface area contributed by atoms with E-state index in [9.17, 15) is 14.7 Å². The fraction of sp³-hybridized carbons (Fsp3) is 0.846. The van der Waals surface area contributed by atoms with Crippen molar-refractivity contribution < 1.29 is 19.4 Å². The summed E-state index contributed by atoms with van der Waals surface area (Å²) in [6.07, 6.45) is 3.89. The Hall–Kier alpha value is -1.30. The van der Waals surface area contributed by atoms with Crippen molar-refractivity contribution in [3.8, 4) is 0 Å². The average molecular weight is 270 g/mol. The highest BCUT2D eigenvalue weighted by Gasteiger charge is 2.44. The molecule has 0 aromatic carbocycles. The highest BCUT2D eigenvalue weighted by molar-refractivity contribution is 5.86. The summed E-state index contributed by atoms with van der Waals surface area (Å²) in [6.45, 7) is 3.66. The van der Waals surface area contributed by atoms with Crippen molar-refractivity contribution in [3.63, 3.8) is 0 Å². The van der Waals surface area contributed by atoms with E-state index in [1.54, 1.807) is 4.90 Å². The van der Waals surface area contributed by atoms with E-state index in [1.807, 2.05) is 6.92 Å². The van der Waals surface area contributed by atoms with Gasteiger partial charge in [-0.1, -0.05) is 6.42 Å². The first kappa shape index (κ1) is 14.1. The average Bonchev–Trinajstić information content (AvgIpc) is 2.77. The molecule has 1 unspecified atom stereocenters. The van der Waals surface area contributed by atoms with Crippen molar-refractivity contribution in [1.29, 1.82) is 0 Å². The Kier molecular flexibility index (Phi) is 4.29. The van der Waals surface area contributed by atoms with Crippen molar-refractivity contribution in [2.75, 3.05) is 26.3 Å². The van der Waals surface area contributed by atoms with Gasteiger partial charge < -0.3 is 20.1 Å². The Labute approximate surface area is 113 Å². The molecule has 19 heavy (non-hydrogen) atoms. The summed E-state index contributed by atoms with van der Waals surface area (Å²) in [5, 5.41) is 12.0. The molecule has 0 radical (unpaired) electrons. The molecule has 1 aliphatic heterocycles. The molecule has 1 saturated carbocycles. The number of nitrogens with zero attached hydrogens (tertiary/aromatic N) is 1. The maximum Gasteiger partial charge on any atom is 0.332 e. The van der Waals surface area contributed by atoms with E-state index >= 15 is 0 Å². The van der Waals surface area contributed by atoms with E-state index in [1.165, 1.54) is 6.42 Å². The molecule has 6 heteroatoms. The van der Waals surface area contributed by atoms with Crippen LogP contribution in [0.4, 0.5) is 4.79 Å². The Balaban J connectivity index is 1.94. The summed E-state index contributed by atoms with van der Waals surface area (Å²) < 4.78 is 5.14. The van der Waals surface area contributed by atoms with Gasteiger partial charge in [0.05, 0.1) is 6.61 Å². The predicted octanol–water partition coefficient (Wildman–Crippen LogP) is 1.06. The molecule has 2 rings (SSSR count). The number of nitrogens with one attached hydrogen (secondary N) is 1. The van der Waals surface area contributed by atoms with Crippen molar-refractivity contribution in [2.24, 2.45) is 5.92 Å². The largest absolute Gasteiger partial charge is 0.479 e. The van der Waals surface area contributed by atoms with Crippen molar-refractivity contribution in [2.45, 2.75) is 38.1 Å². The molecule has 1 heterocycles. The molecule has 1 aliphatic carbocycles. The first-order valence-electron chi connectivity index (χ1n) is 6.95. The number of urea groups is 1. The van der Waals surface area contributed by atoms with Gasteiger partial charge in [-0.2, -0.15) is 0 Å². The summed E-state index contributed by atoms with van der Waals surface area (Å²) >= 11 is 0. The molecule has 6 nitrogen and oxygen atoms in total. The topological polar surface area (TPSA) is 78.9 Å². The van der Waals surface area contributed by atoms with Crippen LogP contribution in [0.2, 0.25) is 0 Å². The summed E-state index contributed by atoms with van der Waals surface area (Å²) in [5.41, 5.74) is -1.25. The molecule has 0 aromatic heterocycles. The fourth-order valence-electron chi connectivity index (χ4n) is 2.51. The Morgan fingerprint density at radius 3 is 2.63 bits per heavy atom. The van der Waals surface area contributed by atoms with Crippen LogP contribution in [-0.2, 0) is 9.53 Å². The standard InChI is InChI=1S/C13H22N2O4/c1-2-15(8-10-4-3-5-10)12(18)14-13(11(16)17)6-7-19-9-13/h10H,2-9H2,1H3,(H,14,18)(H,16,17). The lowest BCUT2D eigenvalue weighted by atomic mass is 9.85.